The number of allylic oxidation sites excluding steroid dienone is 1. The van der Waals surface area contributed by atoms with E-state index >= 15 is 0 Å². The van der Waals surface area contributed by atoms with Crippen molar-refractivity contribution in [2.24, 2.45) is 23.7 Å². The lowest BCUT2D eigenvalue weighted by molar-refractivity contribution is -0.140. The Hall–Kier alpha value is -1.77. The van der Waals surface area contributed by atoms with Gasteiger partial charge < -0.3 is 9.47 Å². The van der Waals surface area contributed by atoms with Crippen molar-refractivity contribution in [3.05, 3.63) is 36.9 Å². The van der Waals surface area contributed by atoms with Crippen LogP contribution in [-0.4, -0.2) is 12.6 Å². The highest BCUT2D eigenvalue weighted by Gasteiger charge is 2.27. The zero-order valence-electron chi connectivity index (χ0n) is 20.2. The summed E-state index contributed by atoms with van der Waals surface area (Å²) >= 11 is 0. The van der Waals surface area contributed by atoms with Gasteiger partial charge in [0.25, 0.3) is 0 Å². The van der Waals surface area contributed by atoms with Gasteiger partial charge in [-0.1, -0.05) is 64.4 Å². The van der Waals surface area contributed by atoms with Crippen molar-refractivity contribution in [2.45, 2.75) is 96.8 Å². The van der Waals surface area contributed by atoms with Crippen LogP contribution < -0.4 is 9.47 Å². The van der Waals surface area contributed by atoms with E-state index < -0.39 is 0 Å². The van der Waals surface area contributed by atoms with Gasteiger partial charge in [0, 0.05) is 0 Å². The van der Waals surface area contributed by atoms with Crippen molar-refractivity contribution in [2.75, 3.05) is 6.61 Å². The molecule has 1 aromatic carbocycles. The number of benzene rings is 1. The first-order valence-corrected chi connectivity index (χ1v) is 13.3. The van der Waals surface area contributed by atoms with Crippen molar-refractivity contribution < 1.29 is 14.3 Å². The number of hydrogen-bond donors (Lipinski definition) is 0. The molecule has 0 saturated heterocycles. The summed E-state index contributed by atoms with van der Waals surface area (Å²) in [6.07, 6.45) is 19.5. The molecule has 1 aromatic rings. The van der Waals surface area contributed by atoms with Crippen LogP contribution in [0.15, 0.2) is 36.9 Å². The van der Waals surface area contributed by atoms with Gasteiger partial charge in [-0.25, -0.2) is 0 Å². The summed E-state index contributed by atoms with van der Waals surface area (Å²) in [5, 5.41) is 0. The van der Waals surface area contributed by atoms with Crippen molar-refractivity contribution in [3.8, 4) is 11.5 Å². The summed E-state index contributed by atoms with van der Waals surface area (Å²) in [5.41, 5.74) is 0. The molecule has 2 saturated carbocycles. The second-order valence-electron chi connectivity index (χ2n) is 10.0. The Kier molecular flexibility index (Phi) is 10.6. The largest absolute Gasteiger partial charge is 0.494 e. The minimum Gasteiger partial charge on any atom is -0.494 e. The lowest BCUT2D eigenvalue weighted by Gasteiger charge is -2.31. The van der Waals surface area contributed by atoms with Crippen LogP contribution in [0, 0.1) is 23.7 Å². The number of carbonyl (C=O) groups is 1. The normalized spacial score (nSPS) is 25.8. The third-order valence-corrected chi connectivity index (χ3v) is 7.71. The second-order valence-corrected chi connectivity index (χ2v) is 10.0. The number of carbonyl (C=O) groups excluding carboxylic acids is 1. The van der Waals surface area contributed by atoms with E-state index in [1.165, 1.54) is 57.8 Å². The highest BCUT2D eigenvalue weighted by Crippen LogP contribution is 2.36. The van der Waals surface area contributed by atoms with Crippen molar-refractivity contribution in [1.82, 2.24) is 0 Å². The summed E-state index contributed by atoms with van der Waals surface area (Å²) in [7, 11) is 0. The van der Waals surface area contributed by atoms with Gasteiger partial charge in [0.2, 0.25) is 0 Å². The smallest absolute Gasteiger partial charge is 0.314 e. The van der Waals surface area contributed by atoms with Crippen LogP contribution in [-0.2, 0) is 4.79 Å². The van der Waals surface area contributed by atoms with E-state index in [0.717, 1.165) is 56.3 Å². The third-order valence-electron chi connectivity index (χ3n) is 7.71. The van der Waals surface area contributed by atoms with Crippen LogP contribution in [0.25, 0.3) is 0 Å². The Morgan fingerprint density at radius 2 is 1.53 bits per heavy atom. The Balaban J connectivity index is 1.34. The molecule has 0 spiro atoms. The van der Waals surface area contributed by atoms with Gasteiger partial charge in [-0.2, -0.15) is 0 Å². The first-order valence-electron chi connectivity index (χ1n) is 13.3. The molecule has 2 unspecified atom stereocenters. The number of esters is 1. The summed E-state index contributed by atoms with van der Waals surface area (Å²) in [6, 6.07) is 7.55. The minimum atomic E-state index is -0.0952. The summed E-state index contributed by atoms with van der Waals surface area (Å²) in [6.45, 7) is 6.93. The Morgan fingerprint density at radius 3 is 2.16 bits per heavy atom. The molecule has 0 aromatic heterocycles. The van der Waals surface area contributed by atoms with Crippen molar-refractivity contribution in [3.63, 3.8) is 0 Å². The lowest BCUT2D eigenvalue weighted by Crippen LogP contribution is -2.25. The van der Waals surface area contributed by atoms with Crippen LogP contribution >= 0.6 is 0 Å². The van der Waals surface area contributed by atoms with E-state index in [1.54, 1.807) is 0 Å². The fourth-order valence-electron chi connectivity index (χ4n) is 5.63. The fourth-order valence-corrected chi connectivity index (χ4v) is 5.63. The average molecular weight is 441 g/mol. The summed E-state index contributed by atoms with van der Waals surface area (Å²) in [5.74, 6) is 3.80. The lowest BCUT2D eigenvalue weighted by atomic mass is 9.74. The molecule has 0 amide bonds. The van der Waals surface area contributed by atoms with Crippen LogP contribution in [0.1, 0.15) is 96.8 Å². The molecule has 2 aliphatic rings. The quantitative estimate of drug-likeness (QED) is 0.142. The summed E-state index contributed by atoms with van der Waals surface area (Å²) < 4.78 is 11.6. The fraction of sp³-hybridized carbons (Fsp3) is 0.690. The molecule has 2 fully saturated rings. The first-order chi connectivity index (χ1) is 15.7. The topological polar surface area (TPSA) is 35.5 Å². The Morgan fingerprint density at radius 1 is 0.906 bits per heavy atom. The Labute approximate surface area is 196 Å². The molecule has 0 bridgehead atoms. The number of unbranched alkanes of at least 4 members (excludes halogenated alkanes) is 2. The highest BCUT2D eigenvalue weighted by molar-refractivity contribution is 5.75. The Bertz CT molecular complexity index is 672. The van der Waals surface area contributed by atoms with Gasteiger partial charge in [-0.05, 0) is 80.5 Å². The van der Waals surface area contributed by atoms with E-state index in [4.69, 9.17) is 9.47 Å². The molecule has 3 heteroatoms. The number of ether oxygens (including phenoxy) is 2. The number of rotatable bonds is 12. The average Bonchev–Trinajstić information content (AvgIpc) is 2.84. The monoisotopic (exact) mass is 440 g/mol. The van der Waals surface area contributed by atoms with Crippen molar-refractivity contribution in [1.29, 1.82) is 0 Å². The van der Waals surface area contributed by atoms with E-state index in [1.807, 2.05) is 30.3 Å². The molecule has 2 atom stereocenters. The van der Waals surface area contributed by atoms with Crippen LogP contribution in [0.2, 0.25) is 0 Å². The predicted molar refractivity (Wildman–Crippen MR) is 132 cm³/mol. The molecule has 3 rings (SSSR count). The molecule has 0 N–H and O–H groups in total. The van der Waals surface area contributed by atoms with E-state index in [-0.39, 0.29) is 11.9 Å². The van der Waals surface area contributed by atoms with E-state index in [0.29, 0.717) is 11.7 Å². The molecule has 3 nitrogen and oxygen atoms in total. The van der Waals surface area contributed by atoms with Gasteiger partial charge >= 0.3 is 5.97 Å². The van der Waals surface area contributed by atoms with Crippen LogP contribution in [0.5, 0.6) is 11.5 Å². The minimum absolute atomic E-state index is 0.0210. The third kappa shape index (κ3) is 7.98. The zero-order valence-corrected chi connectivity index (χ0v) is 20.2. The molecule has 0 aliphatic heterocycles. The van der Waals surface area contributed by atoms with Gasteiger partial charge in [0.05, 0.1) is 12.5 Å². The second kappa shape index (κ2) is 13.7. The van der Waals surface area contributed by atoms with Gasteiger partial charge in [0.1, 0.15) is 11.5 Å². The van der Waals surface area contributed by atoms with Gasteiger partial charge in [0.15, 0.2) is 0 Å². The van der Waals surface area contributed by atoms with E-state index in [9.17, 15) is 4.79 Å². The predicted octanol–water partition coefficient (Wildman–Crippen LogP) is 8.13. The zero-order chi connectivity index (χ0) is 22.6. The number of hydrogen-bond acceptors (Lipinski definition) is 3. The van der Waals surface area contributed by atoms with Gasteiger partial charge in [-0.15, -0.1) is 6.58 Å². The molecule has 178 valence electrons. The molecule has 32 heavy (non-hydrogen) atoms. The van der Waals surface area contributed by atoms with Gasteiger partial charge in [-0.3, -0.25) is 4.79 Å². The SMILES string of the molecule is C=CC1CCC(C(=O)Oc2ccc(OCCCC3CCCCC3CCCCC)cc2)CC1. The highest BCUT2D eigenvalue weighted by atomic mass is 16.5. The van der Waals surface area contributed by atoms with Crippen LogP contribution in [0.4, 0.5) is 0 Å². The molecule has 2 aliphatic carbocycles. The maximum atomic E-state index is 12.4. The first kappa shape index (κ1) is 24.9. The molecule has 0 heterocycles. The maximum absolute atomic E-state index is 12.4. The van der Waals surface area contributed by atoms with Crippen molar-refractivity contribution >= 4 is 5.97 Å². The molecular formula is C29H44O3. The van der Waals surface area contributed by atoms with Crippen LogP contribution in [0.3, 0.4) is 0 Å². The van der Waals surface area contributed by atoms with E-state index in [2.05, 4.69) is 13.5 Å². The maximum Gasteiger partial charge on any atom is 0.314 e. The standard InChI is InChI=1S/C29H44O3/c1-3-5-6-10-24-11-7-8-12-25(24)13-9-22-31-27-18-20-28(21-19-27)32-29(30)26-16-14-23(4-2)15-17-26/h4,18-21,23-26H,2-3,5-17,22H2,1H3. The summed E-state index contributed by atoms with van der Waals surface area (Å²) in [4.78, 5) is 12.4. The molecular weight excluding hydrogens is 396 g/mol. The molecule has 0 radical (unpaired) electrons.